The molecule has 0 aliphatic carbocycles. The minimum absolute atomic E-state index is 0.169. The molecule has 2 rings (SSSR count). The SMILES string of the molecule is CC(C)COc1cccc(OCC(=O)NC2(CC(=O)O)CCOC2)c1. The van der Waals surface area contributed by atoms with Gasteiger partial charge < -0.3 is 24.6 Å². The summed E-state index contributed by atoms with van der Waals surface area (Å²) in [6, 6.07) is 7.08. The van der Waals surface area contributed by atoms with Crippen LogP contribution in [0.5, 0.6) is 11.5 Å². The number of nitrogens with one attached hydrogen (secondary N) is 1. The molecule has 138 valence electrons. The van der Waals surface area contributed by atoms with Gasteiger partial charge in [0.25, 0.3) is 5.91 Å². The summed E-state index contributed by atoms with van der Waals surface area (Å²) in [4.78, 5) is 23.2. The number of amides is 1. The predicted molar refractivity (Wildman–Crippen MR) is 90.8 cm³/mol. The van der Waals surface area contributed by atoms with E-state index < -0.39 is 11.5 Å². The van der Waals surface area contributed by atoms with E-state index in [0.29, 0.717) is 37.1 Å². The van der Waals surface area contributed by atoms with Gasteiger partial charge in [-0.2, -0.15) is 0 Å². The average molecular weight is 351 g/mol. The van der Waals surface area contributed by atoms with Crippen molar-refractivity contribution in [2.24, 2.45) is 5.92 Å². The lowest BCUT2D eigenvalue weighted by Gasteiger charge is -2.26. The molecule has 0 saturated carbocycles. The fraction of sp³-hybridized carbons (Fsp3) is 0.556. The molecule has 1 saturated heterocycles. The van der Waals surface area contributed by atoms with Crippen LogP contribution in [-0.4, -0.2) is 48.9 Å². The Morgan fingerprint density at radius 3 is 2.64 bits per heavy atom. The molecule has 1 aromatic rings. The minimum Gasteiger partial charge on any atom is -0.493 e. The first-order valence-electron chi connectivity index (χ1n) is 8.35. The van der Waals surface area contributed by atoms with Crippen LogP contribution in [-0.2, 0) is 14.3 Å². The first-order valence-corrected chi connectivity index (χ1v) is 8.35. The van der Waals surface area contributed by atoms with Gasteiger partial charge in [0.1, 0.15) is 11.5 Å². The van der Waals surface area contributed by atoms with Crippen molar-refractivity contribution in [2.45, 2.75) is 32.2 Å². The van der Waals surface area contributed by atoms with E-state index >= 15 is 0 Å². The molecule has 1 amide bonds. The highest BCUT2D eigenvalue weighted by Gasteiger charge is 2.38. The first-order chi connectivity index (χ1) is 11.9. The number of aliphatic carboxylic acids is 1. The highest BCUT2D eigenvalue weighted by Crippen LogP contribution is 2.23. The fourth-order valence-electron chi connectivity index (χ4n) is 2.58. The molecule has 1 unspecified atom stereocenters. The molecule has 1 atom stereocenters. The van der Waals surface area contributed by atoms with E-state index in [2.05, 4.69) is 19.2 Å². The summed E-state index contributed by atoms with van der Waals surface area (Å²) in [6.07, 6.45) is 0.306. The zero-order valence-corrected chi connectivity index (χ0v) is 14.6. The Balaban J connectivity index is 1.86. The molecule has 1 aliphatic heterocycles. The summed E-state index contributed by atoms with van der Waals surface area (Å²) in [6.45, 7) is 5.15. The van der Waals surface area contributed by atoms with Crippen LogP contribution in [0.4, 0.5) is 0 Å². The molecule has 0 radical (unpaired) electrons. The number of hydrogen-bond donors (Lipinski definition) is 2. The molecule has 0 aromatic heterocycles. The third-order valence-corrected chi connectivity index (χ3v) is 3.76. The lowest BCUT2D eigenvalue weighted by atomic mass is 9.94. The van der Waals surface area contributed by atoms with E-state index in [9.17, 15) is 9.59 Å². The van der Waals surface area contributed by atoms with E-state index in [1.54, 1.807) is 18.2 Å². The second kappa shape index (κ2) is 8.71. The van der Waals surface area contributed by atoms with Crippen molar-refractivity contribution in [1.29, 1.82) is 0 Å². The Morgan fingerprint density at radius 1 is 1.32 bits per heavy atom. The van der Waals surface area contributed by atoms with Gasteiger partial charge in [0.15, 0.2) is 6.61 Å². The Labute approximate surface area is 147 Å². The maximum atomic E-state index is 12.1. The highest BCUT2D eigenvalue weighted by molar-refractivity contribution is 5.79. The minimum atomic E-state index is -0.971. The van der Waals surface area contributed by atoms with Gasteiger partial charge >= 0.3 is 5.97 Å². The van der Waals surface area contributed by atoms with Crippen LogP contribution in [0.2, 0.25) is 0 Å². The Bertz CT molecular complexity index is 595. The second-order valence-electron chi connectivity index (χ2n) is 6.67. The van der Waals surface area contributed by atoms with Crippen LogP contribution in [0.15, 0.2) is 24.3 Å². The zero-order valence-electron chi connectivity index (χ0n) is 14.6. The number of carboxylic acid groups (broad SMARTS) is 1. The largest absolute Gasteiger partial charge is 0.493 e. The van der Waals surface area contributed by atoms with E-state index in [1.165, 1.54) is 0 Å². The molecular formula is C18H25NO6. The Hall–Kier alpha value is -2.28. The average Bonchev–Trinajstić information content (AvgIpc) is 2.98. The first kappa shape index (κ1) is 19.1. The molecule has 1 aliphatic rings. The Morgan fingerprint density at radius 2 is 2.04 bits per heavy atom. The molecule has 2 N–H and O–H groups in total. The Kier molecular flexibility index (Phi) is 6.64. The van der Waals surface area contributed by atoms with Gasteiger partial charge in [-0.15, -0.1) is 0 Å². The van der Waals surface area contributed by atoms with Crippen LogP contribution in [0.25, 0.3) is 0 Å². The van der Waals surface area contributed by atoms with Crippen molar-refractivity contribution < 1.29 is 28.9 Å². The van der Waals surface area contributed by atoms with E-state index in [4.69, 9.17) is 19.3 Å². The van der Waals surface area contributed by atoms with Gasteiger partial charge in [-0.3, -0.25) is 9.59 Å². The van der Waals surface area contributed by atoms with Gasteiger partial charge in [-0.25, -0.2) is 0 Å². The van der Waals surface area contributed by atoms with E-state index in [0.717, 1.165) is 0 Å². The monoisotopic (exact) mass is 351 g/mol. The van der Waals surface area contributed by atoms with Crippen molar-refractivity contribution in [3.8, 4) is 11.5 Å². The van der Waals surface area contributed by atoms with Crippen molar-refractivity contribution in [3.05, 3.63) is 24.3 Å². The number of benzene rings is 1. The molecule has 0 bridgehead atoms. The summed E-state index contributed by atoms with van der Waals surface area (Å²) in [5, 5.41) is 11.8. The molecule has 7 nitrogen and oxygen atoms in total. The van der Waals surface area contributed by atoms with Crippen molar-refractivity contribution in [1.82, 2.24) is 5.32 Å². The third kappa shape index (κ3) is 6.26. The standard InChI is InChI=1S/C18H25NO6/c1-13(2)10-24-14-4-3-5-15(8-14)25-11-16(20)19-18(9-17(21)22)6-7-23-12-18/h3-5,8,13H,6-7,9-12H2,1-2H3,(H,19,20)(H,21,22). The number of rotatable bonds is 9. The fourth-order valence-corrected chi connectivity index (χ4v) is 2.58. The van der Waals surface area contributed by atoms with Gasteiger partial charge in [0, 0.05) is 12.7 Å². The van der Waals surface area contributed by atoms with Gasteiger partial charge in [-0.05, 0) is 24.5 Å². The van der Waals surface area contributed by atoms with Crippen LogP contribution >= 0.6 is 0 Å². The van der Waals surface area contributed by atoms with Crippen LogP contribution < -0.4 is 14.8 Å². The van der Waals surface area contributed by atoms with Crippen molar-refractivity contribution in [2.75, 3.05) is 26.4 Å². The second-order valence-corrected chi connectivity index (χ2v) is 6.67. The highest BCUT2D eigenvalue weighted by atomic mass is 16.5. The summed E-state index contributed by atoms with van der Waals surface area (Å²) in [5.74, 6) is 0.265. The summed E-state index contributed by atoms with van der Waals surface area (Å²) < 4.78 is 16.4. The number of carbonyl (C=O) groups excluding carboxylic acids is 1. The molecular weight excluding hydrogens is 326 g/mol. The van der Waals surface area contributed by atoms with Crippen molar-refractivity contribution in [3.63, 3.8) is 0 Å². The molecule has 1 heterocycles. The van der Waals surface area contributed by atoms with Gasteiger partial charge in [0.2, 0.25) is 0 Å². The molecule has 25 heavy (non-hydrogen) atoms. The van der Waals surface area contributed by atoms with Crippen LogP contribution in [0.3, 0.4) is 0 Å². The molecule has 0 spiro atoms. The maximum absolute atomic E-state index is 12.1. The number of hydrogen-bond acceptors (Lipinski definition) is 5. The lowest BCUT2D eigenvalue weighted by molar-refractivity contribution is -0.139. The van der Waals surface area contributed by atoms with Gasteiger partial charge in [-0.1, -0.05) is 19.9 Å². The summed E-state index contributed by atoms with van der Waals surface area (Å²) >= 11 is 0. The summed E-state index contributed by atoms with van der Waals surface area (Å²) in [5.41, 5.74) is -0.853. The van der Waals surface area contributed by atoms with Crippen molar-refractivity contribution >= 4 is 11.9 Å². The third-order valence-electron chi connectivity index (χ3n) is 3.76. The number of carbonyl (C=O) groups is 2. The maximum Gasteiger partial charge on any atom is 0.305 e. The lowest BCUT2D eigenvalue weighted by Crippen LogP contribution is -2.51. The quantitative estimate of drug-likeness (QED) is 0.705. The molecule has 1 fully saturated rings. The smallest absolute Gasteiger partial charge is 0.305 e. The number of carboxylic acids is 1. The van der Waals surface area contributed by atoms with Crippen LogP contribution in [0.1, 0.15) is 26.7 Å². The normalized spacial score (nSPS) is 19.6. The van der Waals surface area contributed by atoms with Gasteiger partial charge in [0.05, 0.1) is 25.2 Å². The topological polar surface area (TPSA) is 94.1 Å². The zero-order chi connectivity index (χ0) is 18.3. The van der Waals surface area contributed by atoms with Crippen LogP contribution in [0, 0.1) is 5.92 Å². The van der Waals surface area contributed by atoms with E-state index in [1.807, 2.05) is 6.07 Å². The van der Waals surface area contributed by atoms with E-state index in [-0.39, 0.29) is 25.5 Å². The molecule has 1 aromatic carbocycles. The predicted octanol–water partition coefficient (Wildman–Crippen LogP) is 1.85. The number of ether oxygens (including phenoxy) is 3. The molecule has 7 heteroatoms. The summed E-state index contributed by atoms with van der Waals surface area (Å²) in [7, 11) is 0.